The van der Waals surface area contributed by atoms with Crippen LogP contribution in [0, 0.1) is 20.8 Å². The van der Waals surface area contributed by atoms with Crippen molar-refractivity contribution in [2.75, 3.05) is 17.3 Å². The molecule has 0 bridgehead atoms. The van der Waals surface area contributed by atoms with Crippen LogP contribution in [-0.4, -0.2) is 18.9 Å². The van der Waals surface area contributed by atoms with Crippen LogP contribution in [0.4, 0.5) is 11.4 Å². The van der Waals surface area contributed by atoms with Crippen LogP contribution >= 0.6 is 0 Å². The summed E-state index contributed by atoms with van der Waals surface area (Å²) >= 11 is 0. The highest BCUT2D eigenvalue weighted by molar-refractivity contribution is 6.46. The Morgan fingerprint density at radius 1 is 0.806 bits per heavy atom. The van der Waals surface area contributed by atoms with Gasteiger partial charge in [0, 0.05) is 0 Å². The third-order valence-corrected chi connectivity index (χ3v) is 5.51. The smallest absolute Gasteiger partial charge is 0.282 e. The van der Waals surface area contributed by atoms with Crippen LogP contribution in [0.1, 0.15) is 22.3 Å². The molecule has 0 aromatic heterocycles. The minimum absolute atomic E-state index is 0.235. The second-order valence-electron chi connectivity index (χ2n) is 7.66. The van der Waals surface area contributed by atoms with Crippen LogP contribution in [-0.2, 0) is 9.59 Å². The molecule has 1 aliphatic heterocycles. The van der Waals surface area contributed by atoms with E-state index < -0.39 is 5.91 Å². The summed E-state index contributed by atoms with van der Waals surface area (Å²) in [6.45, 7) is 5.94. The Hall–Kier alpha value is -3.86. The van der Waals surface area contributed by atoms with Crippen molar-refractivity contribution in [1.29, 1.82) is 0 Å². The maximum Gasteiger partial charge on any atom is 0.282 e. The molecule has 0 aliphatic carbocycles. The van der Waals surface area contributed by atoms with E-state index in [1.807, 2.05) is 75.4 Å². The second-order valence-corrected chi connectivity index (χ2v) is 7.66. The van der Waals surface area contributed by atoms with Gasteiger partial charge in [-0.1, -0.05) is 42.5 Å². The van der Waals surface area contributed by atoms with Gasteiger partial charge in [0.2, 0.25) is 0 Å². The topological polar surface area (TPSA) is 58.6 Å². The molecule has 2 amide bonds. The van der Waals surface area contributed by atoms with Crippen molar-refractivity contribution < 1.29 is 14.3 Å². The minimum Gasteiger partial charge on any atom is -0.495 e. The summed E-state index contributed by atoms with van der Waals surface area (Å²) in [5, 5.41) is 3.18. The number of aryl methyl sites for hydroxylation is 3. The lowest BCUT2D eigenvalue weighted by atomic mass is 9.99. The number of anilines is 2. The maximum absolute atomic E-state index is 13.6. The third kappa shape index (κ3) is 3.70. The Balaban J connectivity index is 1.87. The number of carbonyl (C=O) groups is 2. The number of carbonyl (C=O) groups excluding carboxylic acids is 2. The van der Waals surface area contributed by atoms with Crippen molar-refractivity contribution in [2.45, 2.75) is 20.8 Å². The summed E-state index contributed by atoms with van der Waals surface area (Å²) < 4.78 is 5.43. The molecule has 0 atom stereocenters. The largest absolute Gasteiger partial charge is 0.495 e. The van der Waals surface area contributed by atoms with E-state index in [9.17, 15) is 9.59 Å². The van der Waals surface area contributed by atoms with E-state index in [0.29, 0.717) is 28.3 Å². The summed E-state index contributed by atoms with van der Waals surface area (Å²) in [6, 6.07) is 20.5. The fourth-order valence-electron chi connectivity index (χ4n) is 3.69. The normalized spacial score (nSPS) is 13.7. The Morgan fingerprint density at radius 2 is 1.58 bits per heavy atom. The number of hydrogen-bond donors (Lipinski definition) is 1. The number of methoxy groups -OCH3 is 1. The monoisotopic (exact) mass is 412 g/mol. The zero-order valence-electron chi connectivity index (χ0n) is 18.0. The number of nitrogens with one attached hydrogen (secondary N) is 1. The molecule has 0 saturated heterocycles. The van der Waals surface area contributed by atoms with Gasteiger partial charge in [0.25, 0.3) is 11.8 Å². The number of imide groups is 1. The molecule has 1 N–H and O–H groups in total. The molecule has 0 spiro atoms. The van der Waals surface area contributed by atoms with Crippen LogP contribution in [0.3, 0.4) is 0 Å². The van der Waals surface area contributed by atoms with Gasteiger partial charge in [-0.15, -0.1) is 0 Å². The standard InChI is InChI=1S/C26H24N2O3/c1-16-8-7-9-20(14-16)28-25(29)23(19-13-12-17(2)18(3)15-19)24(26(28)30)27-21-10-5-6-11-22(21)31-4/h5-15,27H,1-4H3. The second kappa shape index (κ2) is 8.11. The molecule has 1 heterocycles. The van der Waals surface area contributed by atoms with Crippen LogP contribution in [0.2, 0.25) is 0 Å². The Labute approximate surface area is 182 Å². The highest BCUT2D eigenvalue weighted by Crippen LogP contribution is 2.36. The van der Waals surface area contributed by atoms with Crippen molar-refractivity contribution in [3.8, 4) is 5.75 Å². The highest BCUT2D eigenvalue weighted by atomic mass is 16.5. The Bertz CT molecular complexity index is 1230. The molecule has 156 valence electrons. The SMILES string of the molecule is COc1ccccc1NC1=C(c2ccc(C)c(C)c2)C(=O)N(c2cccc(C)c2)C1=O. The van der Waals surface area contributed by atoms with Gasteiger partial charge < -0.3 is 10.1 Å². The first-order chi connectivity index (χ1) is 14.9. The predicted octanol–water partition coefficient (Wildman–Crippen LogP) is 5.02. The summed E-state index contributed by atoms with van der Waals surface area (Å²) in [7, 11) is 1.57. The molecule has 31 heavy (non-hydrogen) atoms. The number of ether oxygens (including phenoxy) is 1. The van der Waals surface area contributed by atoms with Gasteiger partial charge in [-0.05, 0) is 67.3 Å². The molecule has 0 fully saturated rings. The number of rotatable bonds is 5. The first-order valence-electron chi connectivity index (χ1n) is 10.1. The lowest BCUT2D eigenvalue weighted by Crippen LogP contribution is -2.32. The van der Waals surface area contributed by atoms with E-state index in [0.717, 1.165) is 16.7 Å². The zero-order valence-corrected chi connectivity index (χ0v) is 18.0. The number of nitrogens with zero attached hydrogens (tertiary/aromatic N) is 1. The summed E-state index contributed by atoms with van der Waals surface area (Å²) in [5.74, 6) is -0.158. The van der Waals surface area contributed by atoms with Gasteiger partial charge >= 0.3 is 0 Å². The molecule has 4 rings (SSSR count). The lowest BCUT2D eigenvalue weighted by molar-refractivity contribution is -0.120. The van der Waals surface area contributed by atoms with E-state index in [4.69, 9.17) is 4.74 Å². The average Bonchev–Trinajstić information content (AvgIpc) is 3.00. The van der Waals surface area contributed by atoms with Gasteiger partial charge in [-0.3, -0.25) is 9.59 Å². The molecule has 1 aliphatic rings. The molecule has 0 saturated carbocycles. The maximum atomic E-state index is 13.6. The third-order valence-electron chi connectivity index (χ3n) is 5.51. The molecule has 5 nitrogen and oxygen atoms in total. The van der Waals surface area contributed by atoms with E-state index in [-0.39, 0.29) is 11.6 Å². The number of amides is 2. The molecule has 3 aromatic rings. The summed E-state index contributed by atoms with van der Waals surface area (Å²) in [5.41, 5.74) is 5.60. The Kier molecular flexibility index (Phi) is 5.34. The van der Waals surface area contributed by atoms with Gasteiger partial charge in [0.05, 0.1) is 24.1 Å². The van der Waals surface area contributed by atoms with E-state index in [2.05, 4.69) is 5.32 Å². The van der Waals surface area contributed by atoms with Crippen LogP contribution < -0.4 is 15.0 Å². The number of hydrogen-bond acceptors (Lipinski definition) is 4. The highest BCUT2D eigenvalue weighted by Gasteiger charge is 2.40. The van der Waals surface area contributed by atoms with Crippen LogP contribution in [0.5, 0.6) is 5.75 Å². The summed E-state index contributed by atoms with van der Waals surface area (Å²) in [6.07, 6.45) is 0. The van der Waals surface area contributed by atoms with E-state index >= 15 is 0 Å². The van der Waals surface area contributed by atoms with Crippen LogP contribution in [0.15, 0.2) is 72.4 Å². The van der Waals surface area contributed by atoms with E-state index in [1.54, 1.807) is 19.2 Å². The zero-order chi connectivity index (χ0) is 22.1. The molecular weight excluding hydrogens is 388 g/mol. The fraction of sp³-hybridized carbons (Fsp3) is 0.154. The summed E-state index contributed by atoms with van der Waals surface area (Å²) in [4.78, 5) is 28.3. The van der Waals surface area contributed by atoms with Gasteiger partial charge in [-0.2, -0.15) is 0 Å². The molecular formula is C26H24N2O3. The van der Waals surface area contributed by atoms with E-state index in [1.165, 1.54) is 4.90 Å². The van der Waals surface area contributed by atoms with Crippen molar-refractivity contribution in [3.05, 3.63) is 94.7 Å². The van der Waals surface area contributed by atoms with Gasteiger partial charge in [0.1, 0.15) is 11.4 Å². The number of para-hydroxylation sites is 2. The van der Waals surface area contributed by atoms with Crippen molar-refractivity contribution in [2.24, 2.45) is 0 Å². The van der Waals surface area contributed by atoms with Crippen LogP contribution in [0.25, 0.3) is 5.57 Å². The van der Waals surface area contributed by atoms with Crippen molar-refractivity contribution in [3.63, 3.8) is 0 Å². The predicted molar refractivity (Wildman–Crippen MR) is 123 cm³/mol. The quantitative estimate of drug-likeness (QED) is 0.598. The first kappa shape index (κ1) is 20.4. The molecule has 0 radical (unpaired) electrons. The van der Waals surface area contributed by atoms with Crippen molar-refractivity contribution >= 4 is 28.8 Å². The van der Waals surface area contributed by atoms with Gasteiger partial charge in [0.15, 0.2) is 0 Å². The molecule has 5 heteroatoms. The lowest BCUT2D eigenvalue weighted by Gasteiger charge is -2.16. The fourth-order valence-corrected chi connectivity index (χ4v) is 3.69. The van der Waals surface area contributed by atoms with Gasteiger partial charge in [-0.25, -0.2) is 4.90 Å². The molecule has 3 aromatic carbocycles. The number of benzene rings is 3. The van der Waals surface area contributed by atoms with Crippen molar-refractivity contribution in [1.82, 2.24) is 0 Å². The average molecular weight is 412 g/mol. The first-order valence-corrected chi connectivity index (χ1v) is 10.1. The minimum atomic E-state index is -0.394. The molecule has 0 unspecified atom stereocenters. The Morgan fingerprint density at radius 3 is 2.29 bits per heavy atom.